The average molecular weight is 291 g/mol. The third-order valence-electron chi connectivity index (χ3n) is 4.24. The second-order valence-electron chi connectivity index (χ2n) is 5.60. The average Bonchev–Trinajstić information content (AvgIpc) is 2.53. The summed E-state index contributed by atoms with van der Waals surface area (Å²) in [5.74, 6) is 5.51. The van der Waals surface area contributed by atoms with Gasteiger partial charge in [-0.15, -0.1) is 0 Å². The Hall–Kier alpha value is -1.66. The molecule has 1 atom stereocenters. The molecule has 1 amide bonds. The fourth-order valence-electron chi connectivity index (χ4n) is 2.64. The van der Waals surface area contributed by atoms with E-state index < -0.39 is 0 Å². The molecular weight excluding hydrogens is 266 g/mol. The van der Waals surface area contributed by atoms with Gasteiger partial charge in [-0.2, -0.15) is 0 Å². The topological polar surface area (TPSA) is 74.5 Å². The number of hydrogen-bond donors (Lipinski definition) is 2. The van der Waals surface area contributed by atoms with Crippen molar-refractivity contribution in [1.29, 1.82) is 0 Å². The monoisotopic (exact) mass is 291 g/mol. The molecule has 1 saturated heterocycles. The van der Waals surface area contributed by atoms with Crippen molar-refractivity contribution in [2.24, 2.45) is 5.84 Å². The third-order valence-corrected chi connectivity index (χ3v) is 4.24. The van der Waals surface area contributed by atoms with E-state index in [4.69, 9.17) is 5.84 Å². The van der Waals surface area contributed by atoms with Crippen molar-refractivity contribution < 1.29 is 4.79 Å². The number of nitrogens with one attached hydrogen (secondary N) is 1. The number of hydrazine groups is 1. The third kappa shape index (κ3) is 3.51. The van der Waals surface area contributed by atoms with Gasteiger partial charge in [0.15, 0.2) is 0 Å². The Bertz CT molecular complexity index is 497. The van der Waals surface area contributed by atoms with Crippen molar-refractivity contribution >= 4 is 11.6 Å². The van der Waals surface area contributed by atoms with Crippen molar-refractivity contribution in [3.05, 3.63) is 23.5 Å². The predicted octanol–water partition coefficient (Wildman–Crippen LogP) is 1.23. The molecule has 1 unspecified atom stereocenters. The number of anilines is 1. The second-order valence-corrected chi connectivity index (χ2v) is 5.60. The Morgan fingerprint density at radius 1 is 1.43 bits per heavy atom. The molecule has 1 aromatic heterocycles. The number of hydrogen-bond acceptors (Lipinski definition) is 5. The van der Waals surface area contributed by atoms with Crippen LogP contribution in [0.15, 0.2) is 12.3 Å². The Morgan fingerprint density at radius 2 is 2.10 bits per heavy atom. The Labute approximate surface area is 126 Å². The van der Waals surface area contributed by atoms with E-state index in [1.54, 1.807) is 12.3 Å². The second kappa shape index (κ2) is 6.87. The summed E-state index contributed by atoms with van der Waals surface area (Å²) in [4.78, 5) is 21.1. The van der Waals surface area contributed by atoms with Crippen LogP contribution in [0.25, 0.3) is 0 Å². The summed E-state index contributed by atoms with van der Waals surface area (Å²) in [6, 6.07) is 2.37. The van der Waals surface area contributed by atoms with Crippen LogP contribution in [0.2, 0.25) is 0 Å². The molecule has 21 heavy (non-hydrogen) atoms. The highest BCUT2D eigenvalue weighted by Gasteiger charge is 2.25. The molecule has 3 N–H and O–H groups in total. The van der Waals surface area contributed by atoms with E-state index in [1.807, 2.05) is 11.8 Å². The Kier molecular flexibility index (Phi) is 5.14. The van der Waals surface area contributed by atoms with Crippen LogP contribution in [0.1, 0.15) is 36.3 Å². The number of aromatic nitrogens is 1. The molecule has 6 heteroatoms. The van der Waals surface area contributed by atoms with Gasteiger partial charge in [0.05, 0.1) is 11.3 Å². The van der Waals surface area contributed by atoms with Crippen molar-refractivity contribution in [2.45, 2.75) is 33.2 Å². The minimum atomic E-state index is -0.000693. The van der Waals surface area contributed by atoms with Gasteiger partial charge in [-0.05, 0) is 26.3 Å². The largest absolute Gasteiger partial charge is 0.336 e. The van der Waals surface area contributed by atoms with Crippen molar-refractivity contribution in [3.63, 3.8) is 0 Å². The lowest BCUT2D eigenvalue weighted by Crippen LogP contribution is -2.51. The lowest BCUT2D eigenvalue weighted by Gasteiger charge is -2.38. The van der Waals surface area contributed by atoms with Crippen molar-refractivity contribution in [1.82, 2.24) is 14.8 Å². The molecule has 0 aromatic carbocycles. The Balaban J connectivity index is 2.05. The first kappa shape index (κ1) is 15.7. The summed E-state index contributed by atoms with van der Waals surface area (Å²) in [5.41, 5.74) is 4.61. The van der Waals surface area contributed by atoms with Gasteiger partial charge in [-0.1, -0.05) is 6.92 Å². The summed E-state index contributed by atoms with van der Waals surface area (Å²) in [5, 5.41) is 0. The molecule has 1 aliphatic rings. The van der Waals surface area contributed by atoms with Gasteiger partial charge in [0.1, 0.15) is 0 Å². The molecule has 2 rings (SSSR count). The SMILES string of the molecule is CCC(C)N1CCN(C(=O)c2cnc(C)cc2NN)CC1. The van der Waals surface area contributed by atoms with Gasteiger partial charge in [-0.25, -0.2) is 0 Å². The summed E-state index contributed by atoms with van der Waals surface area (Å²) in [7, 11) is 0. The minimum Gasteiger partial charge on any atom is -0.336 e. The minimum absolute atomic E-state index is 0.000693. The number of carbonyl (C=O) groups excluding carboxylic acids is 1. The zero-order valence-electron chi connectivity index (χ0n) is 13.1. The van der Waals surface area contributed by atoms with E-state index in [-0.39, 0.29) is 5.91 Å². The molecular formula is C15H25N5O. The zero-order chi connectivity index (χ0) is 15.4. The van der Waals surface area contributed by atoms with E-state index in [9.17, 15) is 4.79 Å². The molecule has 1 aliphatic heterocycles. The first-order valence-electron chi connectivity index (χ1n) is 7.53. The van der Waals surface area contributed by atoms with E-state index in [1.165, 1.54) is 0 Å². The van der Waals surface area contributed by atoms with Crippen LogP contribution in [-0.2, 0) is 0 Å². The summed E-state index contributed by atoms with van der Waals surface area (Å²) in [6.07, 6.45) is 2.74. The number of carbonyl (C=O) groups is 1. The van der Waals surface area contributed by atoms with Crippen LogP contribution in [0.5, 0.6) is 0 Å². The summed E-state index contributed by atoms with van der Waals surface area (Å²) in [6.45, 7) is 9.65. The van der Waals surface area contributed by atoms with Crippen LogP contribution in [0.4, 0.5) is 5.69 Å². The quantitative estimate of drug-likeness (QED) is 0.645. The Morgan fingerprint density at radius 3 is 2.67 bits per heavy atom. The summed E-state index contributed by atoms with van der Waals surface area (Å²) < 4.78 is 0. The van der Waals surface area contributed by atoms with Gasteiger partial charge in [0.2, 0.25) is 0 Å². The highest BCUT2D eigenvalue weighted by atomic mass is 16.2. The molecule has 1 aromatic rings. The lowest BCUT2D eigenvalue weighted by atomic mass is 10.1. The van der Waals surface area contributed by atoms with E-state index in [0.29, 0.717) is 17.3 Å². The standard InChI is InChI=1S/C15H25N5O/c1-4-12(3)19-5-7-20(8-6-19)15(21)13-10-17-11(2)9-14(13)18-16/h9-10,12H,4-8,16H2,1-3H3,(H,17,18). The van der Waals surface area contributed by atoms with Gasteiger partial charge in [-0.3, -0.25) is 20.5 Å². The predicted molar refractivity (Wildman–Crippen MR) is 84.0 cm³/mol. The lowest BCUT2D eigenvalue weighted by molar-refractivity contribution is 0.0580. The maximum Gasteiger partial charge on any atom is 0.257 e. The zero-order valence-corrected chi connectivity index (χ0v) is 13.1. The molecule has 0 aliphatic carbocycles. The molecule has 0 bridgehead atoms. The van der Waals surface area contributed by atoms with Gasteiger partial charge < -0.3 is 10.3 Å². The number of nitrogens with zero attached hydrogens (tertiary/aromatic N) is 3. The first-order valence-corrected chi connectivity index (χ1v) is 7.53. The number of nitrogen functional groups attached to an aromatic ring is 1. The normalized spacial score (nSPS) is 17.6. The van der Waals surface area contributed by atoms with E-state index >= 15 is 0 Å². The van der Waals surface area contributed by atoms with Gasteiger partial charge >= 0.3 is 0 Å². The first-order chi connectivity index (χ1) is 10.1. The van der Waals surface area contributed by atoms with Crippen molar-refractivity contribution in [3.8, 4) is 0 Å². The number of aryl methyl sites for hydroxylation is 1. The van der Waals surface area contributed by atoms with Gasteiger partial charge in [0, 0.05) is 44.1 Å². The number of nitrogens with two attached hydrogens (primary N) is 1. The van der Waals surface area contributed by atoms with E-state index in [0.717, 1.165) is 38.3 Å². The molecule has 0 radical (unpaired) electrons. The highest BCUT2D eigenvalue weighted by Crippen LogP contribution is 2.18. The van der Waals surface area contributed by atoms with Crippen molar-refractivity contribution in [2.75, 3.05) is 31.6 Å². The molecule has 1 fully saturated rings. The van der Waals surface area contributed by atoms with Gasteiger partial charge in [0.25, 0.3) is 5.91 Å². The smallest absolute Gasteiger partial charge is 0.257 e. The molecule has 0 spiro atoms. The van der Waals surface area contributed by atoms with Crippen LogP contribution < -0.4 is 11.3 Å². The van der Waals surface area contributed by atoms with Crippen LogP contribution >= 0.6 is 0 Å². The number of rotatable bonds is 4. The summed E-state index contributed by atoms with van der Waals surface area (Å²) >= 11 is 0. The van der Waals surface area contributed by atoms with Crippen LogP contribution in [0, 0.1) is 6.92 Å². The maximum absolute atomic E-state index is 12.6. The van der Waals surface area contributed by atoms with Crippen LogP contribution in [0.3, 0.4) is 0 Å². The number of amides is 1. The molecule has 0 saturated carbocycles. The fourth-order valence-corrected chi connectivity index (χ4v) is 2.64. The fraction of sp³-hybridized carbons (Fsp3) is 0.600. The van der Waals surface area contributed by atoms with E-state index in [2.05, 4.69) is 29.2 Å². The maximum atomic E-state index is 12.6. The highest BCUT2D eigenvalue weighted by molar-refractivity contribution is 5.99. The molecule has 116 valence electrons. The molecule has 6 nitrogen and oxygen atoms in total. The number of piperazine rings is 1. The number of pyridine rings is 1. The van der Waals surface area contributed by atoms with Crippen LogP contribution in [-0.4, -0.2) is 52.9 Å². The molecule has 2 heterocycles.